The van der Waals surface area contributed by atoms with Gasteiger partial charge in [0.2, 0.25) is 11.8 Å². The predicted octanol–water partition coefficient (Wildman–Crippen LogP) is 2.82. The monoisotopic (exact) mass is 340 g/mol. The summed E-state index contributed by atoms with van der Waals surface area (Å²) >= 11 is 12.1. The van der Waals surface area contributed by atoms with E-state index in [2.05, 4.69) is 0 Å². The SMILES string of the molecule is NC(=O)[C@@H]1CCCN(C(=O)[C@H]2C[C@@H]2c2ccc(Cl)cc2Cl)C1. The lowest BCUT2D eigenvalue weighted by molar-refractivity contribution is -0.136. The van der Waals surface area contributed by atoms with E-state index in [9.17, 15) is 9.59 Å². The lowest BCUT2D eigenvalue weighted by Gasteiger charge is -2.31. The van der Waals surface area contributed by atoms with E-state index >= 15 is 0 Å². The topological polar surface area (TPSA) is 63.4 Å². The molecule has 4 nitrogen and oxygen atoms in total. The standard InChI is InChI=1S/C16H18Cl2N2O2/c17-10-3-4-11(14(18)6-10)12-7-13(12)16(22)20-5-1-2-9(8-20)15(19)21/h3-4,6,9,12-13H,1-2,5,7-8H2,(H2,19,21)/t9-,12-,13+/m1/s1. The Morgan fingerprint density at radius 3 is 2.73 bits per heavy atom. The smallest absolute Gasteiger partial charge is 0.226 e. The van der Waals surface area contributed by atoms with Crippen molar-refractivity contribution in [2.24, 2.45) is 17.6 Å². The molecule has 0 spiro atoms. The Hall–Kier alpha value is -1.26. The Morgan fingerprint density at radius 1 is 1.27 bits per heavy atom. The van der Waals surface area contributed by atoms with Gasteiger partial charge < -0.3 is 10.6 Å². The van der Waals surface area contributed by atoms with Crippen LogP contribution in [-0.2, 0) is 9.59 Å². The van der Waals surface area contributed by atoms with E-state index in [4.69, 9.17) is 28.9 Å². The summed E-state index contributed by atoms with van der Waals surface area (Å²) in [7, 11) is 0. The molecule has 22 heavy (non-hydrogen) atoms. The van der Waals surface area contributed by atoms with Crippen LogP contribution in [0.1, 0.15) is 30.7 Å². The molecule has 6 heteroatoms. The van der Waals surface area contributed by atoms with Gasteiger partial charge in [-0.2, -0.15) is 0 Å². The molecule has 1 aromatic carbocycles. The summed E-state index contributed by atoms with van der Waals surface area (Å²) in [6.07, 6.45) is 2.41. The highest BCUT2D eigenvalue weighted by Gasteiger charge is 2.47. The minimum Gasteiger partial charge on any atom is -0.369 e. The number of primary amides is 1. The molecule has 0 unspecified atom stereocenters. The van der Waals surface area contributed by atoms with Crippen molar-refractivity contribution in [3.8, 4) is 0 Å². The summed E-state index contributed by atoms with van der Waals surface area (Å²) in [4.78, 5) is 25.7. The molecule has 1 aliphatic heterocycles. The summed E-state index contributed by atoms with van der Waals surface area (Å²) < 4.78 is 0. The summed E-state index contributed by atoms with van der Waals surface area (Å²) in [5, 5.41) is 1.21. The molecule has 0 bridgehead atoms. The van der Waals surface area contributed by atoms with Crippen molar-refractivity contribution in [3.63, 3.8) is 0 Å². The fourth-order valence-corrected chi connectivity index (χ4v) is 3.81. The fraction of sp³-hybridized carbons (Fsp3) is 0.500. The van der Waals surface area contributed by atoms with Crippen molar-refractivity contribution < 1.29 is 9.59 Å². The quantitative estimate of drug-likeness (QED) is 0.919. The van der Waals surface area contributed by atoms with E-state index in [1.807, 2.05) is 6.07 Å². The molecule has 3 rings (SSSR count). The van der Waals surface area contributed by atoms with Crippen molar-refractivity contribution in [3.05, 3.63) is 33.8 Å². The normalized spacial score (nSPS) is 27.5. The number of nitrogens with two attached hydrogens (primary N) is 1. The van der Waals surface area contributed by atoms with E-state index in [0.717, 1.165) is 24.8 Å². The van der Waals surface area contributed by atoms with Crippen LogP contribution in [0.25, 0.3) is 0 Å². The van der Waals surface area contributed by atoms with Crippen LogP contribution in [0, 0.1) is 11.8 Å². The highest BCUT2D eigenvalue weighted by atomic mass is 35.5. The van der Waals surface area contributed by atoms with Gasteiger partial charge in [-0.15, -0.1) is 0 Å². The van der Waals surface area contributed by atoms with E-state index < -0.39 is 0 Å². The number of carbonyl (C=O) groups is 2. The second-order valence-electron chi connectivity index (χ2n) is 6.14. The number of rotatable bonds is 3. The van der Waals surface area contributed by atoms with Crippen molar-refractivity contribution in [2.75, 3.05) is 13.1 Å². The van der Waals surface area contributed by atoms with E-state index in [0.29, 0.717) is 23.1 Å². The largest absolute Gasteiger partial charge is 0.369 e. The number of halogens is 2. The summed E-state index contributed by atoms with van der Waals surface area (Å²) in [5.41, 5.74) is 6.35. The molecular formula is C16H18Cl2N2O2. The van der Waals surface area contributed by atoms with Crippen molar-refractivity contribution in [1.82, 2.24) is 4.90 Å². The Morgan fingerprint density at radius 2 is 2.05 bits per heavy atom. The van der Waals surface area contributed by atoms with Gasteiger partial charge in [-0.25, -0.2) is 0 Å². The average Bonchev–Trinajstić information content (AvgIpc) is 3.27. The van der Waals surface area contributed by atoms with Gasteiger partial charge in [0.25, 0.3) is 0 Å². The first kappa shape index (κ1) is 15.6. The number of likely N-dealkylation sites (tertiary alicyclic amines) is 1. The van der Waals surface area contributed by atoms with Crippen LogP contribution in [0.15, 0.2) is 18.2 Å². The first-order chi connectivity index (χ1) is 10.5. The van der Waals surface area contributed by atoms with Crippen molar-refractivity contribution in [2.45, 2.75) is 25.2 Å². The molecule has 2 N–H and O–H groups in total. The van der Waals surface area contributed by atoms with Crippen molar-refractivity contribution in [1.29, 1.82) is 0 Å². The molecule has 1 saturated carbocycles. The highest BCUT2D eigenvalue weighted by Crippen LogP contribution is 2.51. The molecule has 1 aliphatic carbocycles. The number of piperidine rings is 1. The minimum atomic E-state index is -0.314. The van der Waals surface area contributed by atoms with Gasteiger partial charge in [0.15, 0.2) is 0 Å². The van der Waals surface area contributed by atoms with Gasteiger partial charge in [0.05, 0.1) is 5.92 Å². The van der Waals surface area contributed by atoms with E-state index in [1.165, 1.54) is 0 Å². The lowest BCUT2D eigenvalue weighted by atomic mass is 9.97. The van der Waals surface area contributed by atoms with Crippen LogP contribution >= 0.6 is 23.2 Å². The van der Waals surface area contributed by atoms with Crippen LogP contribution in [0.3, 0.4) is 0 Å². The maximum absolute atomic E-state index is 12.6. The Bertz CT molecular complexity index is 620. The molecule has 2 amide bonds. The summed E-state index contributed by atoms with van der Waals surface area (Å²) in [5.74, 6) is -0.293. The summed E-state index contributed by atoms with van der Waals surface area (Å²) in [6, 6.07) is 5.40. The molecule has 1 aromatic rings. The Kier molecular flexibility index (Phi) is 4.33. The number of nitrogens with zero attached hydrogens (tertiary/aromatic N) is 1. The predicted molar refractivity (Wildman–Crippen MR) is 85.8 cm³/mol. The third kappa shape index (κ3) is 3.08. The first-order valence-electron chi connectivity index (χ1n) is 7.50. The zero-order chi connectivity index (χ0) is 15.9. The molecule has 2 fully saturated rings. The molecule has 0 aromatic heterocycles. The van der Waals surface area contributed by atoms with Gasteiger partial charge in [0.1, 0.15) is 0 Å². The van der Waals surface area contributed by atoms with Crippen LogP contribution in [0.2, 0.25) is 10.0 Å². The molecule has 1 heterocycles. The van der Waals surface area contributed by atoms with Crippen LogP contribution in [0.4, 0.5) is 0 Å². The van der Waals surface area contributed by atoms with Gasteiger partial charge in [-0.05, 0) is 42.9 Å². The van der Waals surface area contributed by atoms with Crippen molar-refractivity contribution >= 4 is 35.0 Å². The number of carbonyl (C=O) groups excluding carboxylic acids is 2. The van der Waals surface area contributed by atoms with Gasteiger partial charge >= 0.3 is 0 Å². The second kappa shape index (κ2) is 6.09. The molecule has 0 radical (unpaired) electrons. The molecule has 3 atom stereocenters. The number of amides is 2. The van der Waals surface area contributed by atoms with E-state index in [1.54, 1.807) is 17.0 Å². The molecular weight excluding hydrogens is 323 g/mol. The Labute approximate surface area is 139 Å². The highest BCUT2D eigenvalue weighted by molar-refractivity contribution is 6.35. The van der Waals surface area contributed by atoms with Gasteiger partial charge in [-0.1, -0.05) is 29.3 Å². The number of benzene rings is 1. The summed E-state index contributed by atoms with van der Waals surface area (Å²) in [6.45, 7) is 1.16. The average molecular weight is 341 g/mol. The molecule has 118 valence electrons. The zero-order valence-electron chi connectivity index (χ0n) is 12.1. The number of hydrogen-bond donors (Lipinski definition) is 1. The maximum Gasteiger partial charge on any atom is 0.226 e. The third-order valence-electron chi connectivity index (χ3n) is 4.61. The first-order valence-corrected chi connectivity index (χ1v) is 8.26. The molecule has 2 aliphatic rings. The third-order valence-corrected chi connectivity index (χ3v) is 5.17. The number of hydrogen-bond acceptors (Lipinski definition) is 2. The zero-order valence-corrected chi connectivity index (χ0v) is 13.6. The van der Waals surface area contributed by atoms with E-state index in [-0.39, 0.29) is 29.6 Å². The lowest BCUT2D eigenvalue weighted by Crippen LogP contribution is -2.44. The fourth-order valence-electron chi connectivity index (χ4n) is 3.26. The van der Waals surface area contributed by atoms with Crippen LogP contribution < -0.4 is 5.73 Å². The van der Waals surface area contributed by atoms with Crippen LogP contribution in [0.5, 0.6) is 0 Å². The minimum absolute atomic E-state index is 0.0368. The Balaban J connectivity index is 1.66. The van der Waals surface area contributed by atoms with Crippen LogP contribution in [-0.4, -0.2) is 29.8 Å². The maximum atomic E-state index is 12.6. The molecule has 1 saturated heterocycles. The second-order valence-corrected chi connectivity index (χ2v) is 6.98. The van der Waals surface area contributed by atoms with Gasteiger partial charge in [0, 0.05) is 29.1 Å². The van der Waals surface area contributed by atoms with Gasteiger partial charge in [-0.3, -0.25) is 9.59 Å².